The van der Waals surface area contributed by atoms with Crippen molar-refractivity contribution >= 4 is 40.5 Å². The molecule has 1 aliphatic rings. The van der Waals surface area contributed by atoms with E-state index in [1.807, 2.05) is 54.2 Å². The van der Waals surface area contributed by atoms with Crippen molar-refractivity contribution in [1.82, 2.24) is 15.0 Å². The molecular formula is C32H33ClN6O6. The van der Waals surface area contributed by atoms with Gasteiger partial charge in [0.05, 0.1) is 22.7 Å². The molecule has 2 heterocycles. The second kappa shape index (κ2) is 13.4. The summed E-state index contributed by atoms with van der Waals surface area (Å²) in [6, 6.07) is 17.1. The standard InChI is InChI=1S/C32H33ClN6O6/c1-20-29(30(35-45-20)23-7-5-6-8-28(23)44-4)32(41)38-15-13-37(14-16-38)26-18-25(27(39(42)43)17-24(26)33)34-31(40)22-11-9-21(10-12-22)19-36(2)3/h5-12,17-18H,13-16,19H2,1-4H3,(H,34,40). The van der Waals surface area contributed by atoms with Crippen LogP contribution in [0, 0.1) is 17.0 Å². The molecule has 0 radical (unpaired) electrons. The third kappa shape index (κ3) is 6.76. The maximum Gasteiger partial charge on any atom is 0.294 e. The number of para-hydroxylation sites is 1. The summed E-state index contributed by atoms with van der Waals surface area (Å²) in [5.41, 5.74) is 3.04. The van der Waals surface area contributed by atoms with Crippen molar-refractivity contribution < 1.29 is 23.8 Å². The topological polar surface area (TPSA) is 134 Å². The minimum Gasteiger partial charge on any atom is -0.496 e. The van der Waals surface area contributed by atoms with E-state index in [4.69, 9.17) is 20.9 Å². The normalized spacial score (nSPS) is 13.2. The van der Waals surface area contributed by atoms with Crippen molar-refractivity contribution in [3.05, 3.63) is 98.3 Å². The van der Waals surface area contributed by atoms with E-state index < -0.39 is 10.8 Å². The van der Waals surface area contributed by atoms with Crippen molar-refractivity contribution in [2.75, 3.05) is 57.6 Å². The van der Waals surface area contributed by atoms with Crippen LogP contribution in [-0.4, -0.2) is 79.1 Å². The average molecular weight is 633 g/mol. The smallest absolute Gasteiger partial charge is 0.294 e. The van der Waals surface area contributed by atoms with Crippen LogP contribution in [0.25, 0.3) is 11.3 Å². The van der Waals surface area contributed by atoms with E-state index in [0.717, 1.165) is 5.56 Å². The second-order valence-electron chi connectivity index (χ2n) is 10.9. The van der Waals surface area contributed by atoms with E-state index >= 15 is 0 Å². The maximum atomic E-state index is 13.7. The van der Waals surface area contributed by atoms with Gasteiger partial charge >= 0.3 is 0 Å². The van der Waals surface area contributed by atoms with Gasteiger partial charge in [0.25, 0.3) is 17.5 Å². The number of hydrogen-bond acceptors (Lipinski definition) is 9. The zero-order chi connectivity index (χ0) is 32.2. The van der Waals surface area contributed by atoms with Gasteiger partial charge in [-0.1, -0.05) is 41.0 Å². The minimum absolute atomic E-state index is 0.0295. The molecule has 2 amide bonds. The molecular weight excluding hydrogens is 600 g/mol. The number of piperazine rings is 1. The number of benzene rings is 3. The summed E-state index contributed by atoms with van der Waals surface area (Å²) in [5.74, 6) is 0.262. The van der Waals surface area contributed by atoms with Gasteiger partial charge < -0.3 is 29.3 Å². The van der Waals surface area contributed by atoms with Crippen LogP contribution in [0.4, 0.5) is 17.1 Å². The highest BCUT2D eigenvalue weighted by Gasteiger charge is 2.31. The van der Waals surface area contributed by atoms with Crippen molar-refractivity contribution in [3.63, 3.8) is 0 Å². The van der Waals surface area contributed by atoms with Crippen LogP contribution < -0.4 is 15.0 Å². The molecule has 13 heteroatoms. The van der Waals surface area contributed by atoms with Gasteiger partial charge in [0.15, 0.2) is 0 Å². The number of nitro benzene ring substituents is 1. The lowest BCUT2D eigenvalue weighted by Gasteiger charge is -2.36. The van der Waals surface area contributed by atoms with Gasteiger partial charge in [0.2, 0.25) is 0 Å². The molecule has 0 atom stereocenters. The van der Waals surface area contributed by atoms with Crippen LogP contribution in [0.5, 0.6) is 5.75 Å². The van der Waals surface area contributed by atoms with Gasteiger partial charge in [-0.25, -0.2) is 0 Å². The van der Waals surface area contributed by atoms with Crippen molar-refractivity contribution in [1.29, 1.82) is 0 Å². The van der Waals surface area contributed by atoms with Gasteiger partial charge in [0, 0.05) is 49.9 Å². The van der Waals surface area contributed by atoms with E-state index in [2.05, 4.69) is 10.5 Å². The molecule has 12 nitrogen and oxygen atoms in total. The molecule has 0 saturated carbocycles. The van der Waals surface area contributed by atoms with Crippen LogP contribution in [0.2, 0.25) is 5.02 Å². The lowest BCUT2D eigenvalue weighted by molar-refractivity contribution is -0.383. The molecule has 1 aliphatic heterocycles. The number of carbonyl (C=O) groups is 2. The summed E-state index contributed by atoms with van der Waals surface area (Å²) >= 11 is 6.53. The molecule has 0 bridgehead atoms. The number of anilines is 2. The number of methoxy groups -OCH3 is 1. The Bertz CT molecular complexity index is 1730. The Morgan fingerprint density at radius 1 is 1.09 bits per heavy atom. The first kappa shape index (κ1) is 31.5. The van der Waals surface area contributed by atoms with Crippen molar-refractivity contribution in [2.45, 2.75) is 13.5 Å². The van der Waals surface area contributed by atoms with Gasteiger partial charge in [-0.15, -0.1) is 0 Å². The highest BCUT2D eigenvalue weighted by molar-refractivity contribution is 6.33. The quantitative estimate of drug-likeness (QED) is 0.188. The Morgan fingerprint density at radius 3 is 2.42 bits per heavy atom. The van der Waals surface area contributed by atoms with Crippen LogP contribution in [-0.2, 0) is 6.54 Å². The molecule has 1 saturated heterocycles. The number of nitrogens with one attached hydrogen (secondary N) is 1. The van der Waals surface area contributed by atoms with Gasteiger partial charge in [-0.2, -0.15) is 0 Å². The molecule has 1 aromatic heterocycles. The average Bonchev–Trinajstić information content (AvgIpc) is 3.42. The Kier molecular flexibility index (Phi) is 9.35. The van der Waals surface area contributed by atoms with Crippen LogP contribution in [0.15, 0.2) is 65.2 Å². The molecule has 0 spiro atoms. The third-order valence-electron chi connectivity index (χ3n) is 7.57. The first-order valence-electron chi connectivity index (χ1n) is 14.2. The van der Waals surface area contributed by atoms with E-state index in [-0.39, 0.29) is 22.3 Å². The molecule has 4 aromatic rings. The number of ether oxygens (including phenoxy) is 1. The zero-order valence-electron chi connectivity index (χ0n) is 25.4. The number of halogens is 1. The predicted molar refractivity (Wildman–Crippen MR) is 171 cm³/mol. The minimum atomic E-state index is -0.581. The molecule has 45 heavy (non-hydrogen) atoms. The lowest BCUT2D eigenvalue weighted by atomic mass is 10.0. The molecule has 1 N–H and O–H groups in total. The van der Waals surface area contributed by atoms with E-state index in [9.17, 15) is 19.7 Å². The van der Waals surface area contributed by atoms with Gasteiger partial charge in [-0.05, 0) is 56.9 Å². The van der Waals surface area contributed by atoms with Gasteiger partial charge in [0.1, 0.15) is 28.5 Å². The zero-order valence-corrected chi connectivity index (χ0v) is 26.1. The summed E-state index contributed by atoms with van der Waals surface area (Å²) in [6.07, 6.45) is 0. The fourth-order valence-corrected chi connectivity index (χ4v) is 5.60. The van der Waals surface area contributed by atoms with E-state index in [1.165, 1.54) is 12.1 Å². The number of aryl methyl sites for hydroxylation is 1. The van der Waals surface area contributed by atoms with E-state index in [1.54, 1.807) is 37.1 Å². The number of nitro groups is 1. The van der Waals surface area contributed by atoms with Crippen molar-refractivity contribution in [3.8, 4) is 17.0 Å². The predicted octanol–water partition coefficient (Wildman–Crippen LogP) is 5.50. The summed E-state index contributed by atoms with van der Waals surface area (Å²) in [7, 11) is 5.45. The molecule has 3 aromatic carbocycles. The Hall–Kier alpha value is -4.94. The fraction of sp³-hybridized carbons (Fsp3) is 0.281. The molecule has 1 fully saturated rings. The number of rotatable bonds is 9. The SMILES string of the molecule is COc1ccccc1-c1noc(C)c1C(=O)N1CCN(c2cc(NC(=O)c3ccc(CN(C)C)cc3)c([N+](=O)[O-])cc2Cl)CC1. The number of nitrogens with zero attached hydrogens (tertiary/aromatic N) is 5. The number of aromatic nitrogens is 1. The van der Waals surface area contributed by atoms with Crippen molar-refractivity contribution in [2.24, 2.45) is 0 Å². The summed E-state index contributed by atoms with van der Waals surface area (Å²) < 4.78 is 10.9. The van der Waals surface area contributed by atoms with Crippen LogP contribution in [0.3, 0.4) is 0 Å². The summed E-state index contributed by atoms with van der Waals surface area (Å²) in [6.45, 7) is 3.91. The molecule has 0 unspecified atom stereocenters. The molecule has 0 aliphatic carbocycles. The Labute approximate surface area is 265 Å². The summed E-state index contributed by atoms with van der Waals surface area (Å²) in [5, 5.41) is 18.9. The fourth-order valence-electron chi connectivity index (χ4n) is 5.32. The third-order valence-corrected chi connectivity index (χ3v) is 7.87. The highest BCUT2D eigenvalue weighted by atomic mass is 35.5. The largest absolute Gasteiger partial charge is 0.496 e. The van der Waals surface area contributed by atoms with Crippen LogP contribution in [0.1, 0.15) is 32.0 Å². The lowest BCUT2D eigenvalue weighted by Crippen LogP contribution is -2.49. The van der Waals surface area contributed by atoms with Crippen LogP contribution >= 0.6 is 11.6 Å². The second-order valence-corrected chi connectivity index (χ2v) is 11.3. The molecule has 234 valence electrons. The number of amides is 2. The van der Waals surface area contributed by atoms with E-state index in [0.29, 0.717) is 72.3 Å². The maximum absolute atomic E-state index is 13.7. The highest BCUT2D eigenvalue weighted by Crippen LogP contribution is 2.38. The number of hydrogen-bond donors (Lipinski definition) is 1. The first-order chi connectivity index (χ1) is 21.6. The summed E-state index contributed by atoms with van der Waals surface area (Å²) in [4.78, 5) is 43.7. The Balaban J connectivity index is 1.33. The van der Waals surface area contributed by atoms with Gasteiger partial charge in [-0.3, -0.25) is 19.7 Å². The molecule has 5 rings (SSSR count). The first-order valence-corrected chi connectivity index (χ1v) is 14.6. The Morgan fingerprint density at radius 2 is 1.78 bits per heavy atom. The monoisotopic (exact) mass is 632 g/mol. The number of carbonyl (C=O) groups excluding carboxylic acids is 2.